The van der Waals surface area contributed by atoms with Crippen LogP contribution in [-0.4, -0.2) is 26.6 Å². The summed E-state index contributed by atoms with van der Waals surface area (Å²) in [5.74, 6) is -0.152. The number of nitrogens with zero attached hydrogens (tertiary/aromatic N) is 3. The molecular weight excluding hydrogens is 378 g/mol. The maximum Gasteiger partial charge on any atom is 0.256 e. The molecule has 2 amide bonds. The van der Waals surface area contributed by atoms with Gasteiger partial charge in [-0.25, -0.2) is 4.98 Å². The molecule has 0 unspecified atom stereocenters. The van der Waals surface area contributed by atoms with E-state index in [1.165, 1.54) is 0 Å². The van der Waals surface area contributed by atoms with Gasteiger partial charge in [0.05, 0.1) is 16.6 Å². The van der Waals surface area contributed by atoms with Crippen molar-refractivity contribution in [2.45, 2.75) is 47.5 Å². The number of hydrogen-bond acceptors (Lipinski definition) is 4. The number of pyridine rings is 1. The number of anilines is 2. The van der Waals surface area contributed by atoms with E-state index in [0.717, 1.165) is 16.8 Å². The highest BCUT2D eigenvalue weighted by molar-refractivity contribution is 6.13. The van der Waals surface area contributed by atoms with Crippen LogP contribution in [0.25, 0.3) is 11.0 Å². The Bertz CT molecular complexity index is 1120. The van der Waals surface area contributed by atoms with Gasteiger partial charge in [-0.3, -0.25) is 14.3 Å². The van der Waals surface area contributed by atoms with Gasteiger partial charge in [0.1, 0.15) is 0 Å². The van der Waals surface area contributed by atoms with Crippen LogP contribution in [0.5, 0.6) is 0 Å². The fraction of sp³-hybridized carbons (Fsp3) is 0.391. The number of hydrogen-bond donors (Lipinski definition) is 2. The second-order valence-corrected chi connectivity index (χ2v) is 8.90. The first-order valence-electron chi connectivity index (χ1n) is 10.0. The minimum atomic E-state index is -0.507. The topological polar surface area (TPSA) is 88.9 Å². The van der Waals surface area contributed by atoms with Gasteiger partial charge in [0.25, 0.3) is 5.91 Å². The lowest BCUT2D eigenvalue weighted by atomic mass is 9.95. The van der Waals surface area contributed by atoms with Crippen molar-refractivity contribution in [3.63, 3.8) is 0 Å². The molecule has 0 saturated carbocycles. The van der Waals surface area contributed by atoms with Crippen molar-refractivity contribution < 1.29 is 9.59 Å². The highest BCUT2D eigenvalue weighted by Crippen LogP contribution is 2.26. The molecule has 0 aliphatic heterocycles. The number of nitrogens with one attached hydrogen (secondary N) is 2. The number of aromatic nitrogens is 3. The molecule has 0 radical (unpaired) electrons. The van der Waals surface area contributed by atoms with Crippen molar-refractivity contribution in [2.24, 2.45) is 12.5 Å². The number of aryl methyl sites for hydroxylation is 2. The van der Waals surface area contributed by atoms with Crippen molar-refractivity contribution in [2.75, 3.05) is 10.6 Å². The number of carbonyl (C=O) groups is 2. The molecule has 3 rings (SSSR count). The lowest BCUT2D eigenvalue weighted by molar-refractivity contribution is -0.123. The van der Waals surface area contributed by atoms with Gasteiger partial charge >= 0.3 is 0 Å². The van der Waals surface area contributed by atoms with Crippen molar-refractivity contribution in [1.82, 2.24) is 14.8 Å². The van der Waals surface area contributed by atoms with Crippen molar-refractivity contribution >= 4 is 34.2 Å². The monoisotopic (exact) mass is 407 g/mol. The molecule has 7 nitrogen and oxygen atoms in total. The zero-order valence-corrected chi connectivity index (χ0v) is 18.6. The molecule has 0 aliphatic carbocycles. The molecule has 0 bridgehead atoms. The lowest BCUT2D eigenvalue weighted by Crippen LogP contribution is -2.27. The zero-order valence-electron chi connectivity index (χ0n) is 18.6. The molecule has 7 heteroatoms. The smallest absolute Gasteiger partial charge is 0.256 e. The van der Waals surface area contributed by atoms with Crippen LogP contribution in [0.3, 0.4) is 0 Å². The first kappa shape index (κ1) is 21.5. The quantitative estimate of drug-likeness (QED) is 0.659. The van der Waals surface area contributed by atoms with Crippen LogP contribution in [0.1, 0.15) is 62.3 Å². The summed E-state index contributed by atoms with van der Waals surface area (Å²) >= 11 is 0. The van der Waals surface area contributed by atoms with Crippen molar-refractivity contribution in [3.05, 3.63) is 47.3 Å². The number of amides is 2. The third-order valence-corrected chi connectivity index (χ3v) is 4.88. The molecule has 0 fully saturated rings. The molecule has 158 valence electrons. The largest absolute Gasteiger partial charge is 0.326 e. The molecule has 0 atom stereocenters. The maximum absolute atomic E-state index is 13.2. The van der Waals surface area contributed by atoms with Gasteiger partial charge in [-0.05, 0) is 37.1 Å². The van der Waals surface area contributed by atoms with Crippen LogP contribution in [0, 0.1) is 12.3 Å². The van der Waals surface area contributed by atoms with E-state index >= 15 is 0 Å². The maximum atomic E-state index is 13.2. The highest BCUT2D eigenvalue weighted by atomic mass is 16.2. The first-order chi connectivity index (χ1) is 14.0. The van der Waals surface area contributed by atoms with Crippen LogP contribution in [0.15, 0.2) is 30.3 Å². The van der Waals surface area contributed by atoms with Gasteiger partial charge in [-0.1, -0.05) is 40.7 Å². The summed E-state index contributed by atoms with van der Waals surface area (Å²) in [4.78, 5) is 30.1. The highest BCUT2D eigenvalue weighted by Gasteiger charge is 2.22. The fourth-order valence-corrected chi connectivity index (χ4v) is 3.13. The van der Waals surface area contributed by atoms with E-state index in [2.05, 4.69) is 20.7 Å². The standard InChI is InChI=1S/C23H29N5O2/c1-13(2)18-12-17(19-14(3)27-28(7)20(19)26-18)21(29)24-15-9-8-10-16(11-15)25-22(30)23(4,5)6/h8-13H,1-7H3,(H,24,29)(H,25,30). The predicted octanol–water partition coefficient (Wildman–Crippen LogP) is 4.64. The Kier molecular flexibility index (Phi) is 5.65. The second kappa shape index (κ2) is 7.89. The molecule has 2 heterocycles. The van der Waals surface area contributed by atoms with Gasteiger partial charge in [0.2, 0.25) is 5.91 Å². The SMILES string of the molecule is Cc1nn(C)c2nc(C(C)C)cc(C(=O)Nc3cccc(NC(=O)C(C)(C)C)c3)c12. The Morgan fingerprint density at radius 1 is 1.07 bits per heavy atom. The van der Waals surface area contributed by atoms with E-state index in [9.17, 15) is 9.59 Å². The third kappa shape index (κ3) is 4.35. The van der Waals surface area contributed by atoms with Crippen LogP contribution < -0.4 is 10.6 Å². The summed E-state index contributed by atoms with van der Waals surface area (Å²) in [7, 11) is 1.83. The molecule has 0 aliphatic rings. The van der Waals surface area contributed by atoms with Gasteiger partial charge in [-0.15, -0.1) is 0 Å². The van der Waals surface area contributed by atoms with E-state index in [-0.39, 0.29) is 17.7 Å². The molecular formula is C23H29N5O2. The number of fused-ring (bicyclic) bond motifs is 1. The molecule has 3 aromatic rings. The molecule has 2 N–H and O–H groups in total. The third-order valence-electron chi connectivity index (χ3n) is 4.88. The molecule has 2 aromatic heterocycles. The lowest BCUT2D eigenvalue weighted by Gasteiger charge is -2.18. The minimum absolute atomic E-state index is 0.0885. The molecule has 0 spiro atoms. The van der Waals surface area contributed by atoms with E-state index in [0.29, 0.717) is 22.6 Å². The summed E-state index contributed by atoms with van der Waals surface area (Å²) < 4.78 is 1.70. The number of benzene rings is 1. The van der Waals surface area contributed by atoms with Crippen molar-refractivity contribution in [1.29, 1.82) is 0 Å². The molecule has 0 saturated heterocycles. The van der Waals surface area contributed by atoms with E-state index in [1.54, 1.807) is 28.9 Å². The van der Waals surface area contributed by atoms with E-state index in [1.807, 2.05) is 54.7 Å². The van der Waals surface area contributed by atoms with Gasteiger partial charge in [0, 0.05) is 29.5 Å². The van der Waals surface area contributed by atoms with Gasteiger partial charge in [0.15, 0.2) is 5.65 Å². The summed E-state index contributed by atoms with van der Waals surface area (Å²) in [6, 6.07) is 8.97. The van der Waals surface area contributed by atoms with E-state index in [4.69, 9.17) is 0 Å². The summed E-state index contributed by atoms with van der Waals surface area (Å²) in [5.41, 5.74) is 3.55. The minimum Gasteiger partial charge on any atom is -0.326 e. The van der Waals surface area contributed by atoms with Crippen LogP contribution >= 0.6 is 0 Å². The average Bonchev–Trinajstić information content (AvgIpc) is 2.94. The summed E-state index contributed by atoms with van der Waals surface area (Å²) in [5, 5.41) is 11.0. The van der Waals surface area contributed by atoms with Gasteiger partial charge in [-0.2, -0.15) is 5.10 Å². The number of carbonyl (C=O) groups excluding carboxylic acids is 2. The fourth-order valence-electron chi connectivity index (χ4n) is 3.13. The molecule has 1 aromatic carbocycles. The zero-order chi connectivity index (χ0) is 22.2. The Morgan fingerprint density at radius 3 is 2.30 bits per heavy atom. The van der Waals surface area contributed by atoms with Crippen molar-refractivity contribution in [3.8, 4) is 0 Å². The Hall–Kier alpha value is -3.22. The Morgan fingerprint density at radius 2 is 1.70 bits per heavy atom. The Balaban J connectivity index is 1.94. The summed E-state index contributed by atoms with van der Waals surface area (Å²) in [6.07, 6.45) is 0. The van der Waals surface area contributed by atoms with Gasteiger partial charge < -0.3 is 10.6 Å². The van der Waals surface area contributed by atoms with E-state index < -0.39 is 5.41 Å². The van der Waals surface area contributed by atoms with Crippen LogP contribution in [0.2, 0.25) is 0 Å². The Labute approximate surface area is 176 Å². The second-order valence-electron chi connectivity index (χ2n) is 8.90. The normalized spacial score (nSPS) is 11.7. The van der Waals surface area contributed by atoms with Crippen LogP contribution in [0.4, 0.5) is 11.4 Å². The first-order valence-corrected chi connectivity index (χ1v) is 10.0. The molecule has 30 heavy (non-hydrogen) atoms. The predicted molar refractivity (Wildman–Crippen MR) is 120 cm³/mol. The average molecular weight is 408 g/mol. The number of rotatable bonds is 4. The van der Waals surface area contributed by atoms with Crippen LogP contribution in [-0.2, 0) is 11.8 Å². The summed E-state index contributed by atoms with van der Waals surface area (Å²) in [6.45, 7) is 11.5.